The molecule has 0 amide bonds. The van der Waals surface area contributed by atoms with Crippen molar-refractivity contribution in [3.63, 3.8) is 0 Å². The second-order valence-corrected chi connectivity index (χ2v) is 12.5. The molecular weight excluding hydrogens is 484 g/mol. The molecule has 0 aliphatic heterocycles. The number of fused-ring (bicyclic) bond motifs is 2. The van der Waals surface area contributed by atoms with Gasteiger partial charge in [0.15, 0.2) is 0 Å². The second-order valence-electron chi connectivity index (χ2n) is 9.71. The molecule has 0 atom stereocenters. The van der Waals surface area contributed by atoms with Gasteiger partial charge >= 0.3 is 10.1 Å². The Morgan fingerprint density at radius 2 is 1.54 bits per heavy atom. The van der Waals surface area contributed by atoms with Gasteiger partial charge in [0.2, 0.25) is 0 Å². The first-order valence-electron chi connectivity index (χ1n) is 12.2. The van der Waals surface area contributed by atoms with E-state index >= 15 is 0 Å². The number of hydrogen-bond donors (Lipinski definition) is 0. The molecule has 8 heteroatoms. The molecule has 0 bridgehead atoms. The quantitative estimate of drug-likeness (QED) is 0.245. The molecule has 1 saturated carbocycles. The van der Waals surface area contributed by atoms with E-state index in [1.54, 1.807) is 6.92 Å². The normalized spacial score (nSPS) is 17.3. The summed E-state index contributed by atoms with van der Waals surface area (Å²) in [5.74, 6) is 0.262. The molecule has 186 valence electrons. The van der Waals surface area contributed by atoms with Crippen molar-refractivity contribution in [1.82, 2.24) is 0 Å². The van der Waals surface area contributed by atoms with Crippen LogP contribution in [-0.2, 0) is 33.1 Å². The highest BCUT2D eigenvalue weighted by Crippen LogP contribution is 2.43. The third-order valence-electron chi connectivity index (χ3n) is 7.41. The SMILES string of the molecule is Cc1cc2ccccc2c(C2CCCC2)c1S(=O)(=O)Oc1ccc(S(=O)(=O)[O-])c2c1CCCCC2. The smallest absolute Gasteiger partial charge is 0.339 e. The van der Waals surface area contributed by atoms with Gasteiger partial charge in [0, 0.05) is 5.56 Å². The van der Waals surface area contributed by atoms with Crippen LogP contribution < -0.4 is 4.18 Å². The molecule has 0 spiro atoms. The first kappa shape index (κ1) is 24.3. The van der Waals surface area contributed by atoms with Gasteiger partial charge in [0.1, 0.15) is 20.8 Å². The van der Waals surface area contributed by atoms with Crippen LogP contribution in [0.5, 0.6) is 5.75 Å². The fraction of sp³-hybridized carbons (Fsp3) is 0.407. The first-order valence-corrected chi connectivity index (χ1v) is 15.1. The van der Waals surface area contributed by atoms with Crippen molar-refractivity contribution in [2.45, 2.75) is 80.4 Å². The summed E-state index contributed by atoms with van der Waals surface area (Å²) in [7, 11) is -8.90. The molecule has 1 fully saturated rings. The number of hydrogen-bond acceptors (Lipinski definition) is 6. The van der Waals surface area contributed by atoms with Gasteiger partial charge in [-0.05, 0) is 97.0 Å². The predicted octanol–water partition coefficient (Wildman–Crippen LogP) is 5.75. The average molecular weight is 514 g/mol. The zero-order valence-corrected chi connectivity index (χ0v) is 21.4. The van der Waals surface area contributed by atoms with E-state index in [2.05, 4.69) is 0 Å². The predicted molar refractivity (Wildman–Crippen MR) is 133 cm³/mol. The molecule has 0 saturated heterocycles. The van der Waals surface area contributed by atoms with E-state index in [1.807, 2.05) is 30.3 Å². The van der Waals surface area contributed by atoms with Gasteiger partial charge < -0.3 is 8.74 Å². The summed E-state index contributed by atoms with van der Waals surface area (Å²) < 4.78 is 69.2. The van der Waals surface area contributed by atoms with Gasteiger partial charge in [-0.1, -0.05) is 43.5 Å². The number of rotatable bonds is 5. The Bertz CT molecular complexity index is 1500. The molecule has 0 heterocycles. The van der Waals surface area contributed by atoms with E-state index in [1.165, 1.54) is 12.1 Å². The lowest BCUT2D eigenvalue weighted by atomic mass is 9.90. The Morgan fingerprint density at radius 1 is 0.857 bits per heavy atom. The van der Waals surface area contributed by atoms with Crippen molar-refractivity contribution in [3.05, 3.63) is 64.7 Å². The summed E-state index contributed by atoms with van der Waals surface area (Å²) in [4.78, 5) is -0.0568. The van der Waals surface area contributed by atoms with Gasteiger partial charge in [-0.15, -0.1) is 0 Å². The van der Waals surface area contributed by atoms with Gasteiger partial charge in [-0.3, -0.25) is 0 Å². The van der Waals surface area contributed by atoms with Crippen molar-refractivity contribution in [3.8, 4) is 5.75 Å². The molecule has 6 nitrogen and oxygen atoms in total. The Labute approximate surface area is 207 Å². The monoisotopic (exact) mass is 513 g/mol. The molecule has 3 aromatic carbocycles. The lowest BCUT2D eigenvalue weighted by Gasteiger charge is -2.22. The maximum atomic E-state index is 13.9. The minimum Gasteiger partial charge on any atom is -0.744 e. The van der Waals surface area contributed by atoms with Gasteiger partial charge in [-0.25, -0.2) is 8.42 Å². The van der Waals surface area contributed by atoms with E-state index in [0.29, 0.717) is 29.5 Å². The van der Waals surface area contributed by atoms with Crippen LogP contribution in [0.25, 0.3) is 10.8 Å². The third kappa shape index (κ3) is 4.59. The molecule has 5 rings (SSSR count). The maximum Gasteiger partial charge on any atom is 0.339 e. The van der Waals surface area contributed by atoms with E-state index in [9.17, 15) is 21.4 Å². The lowest BCUT2D eigenvalue weighted by molar-refractivity contribution is 0.461. The Hall–Kier alpha value is -2.42. The van der Waals surface area contributed by atoms with Crippen molar-refractivity contribution in [2.75, 3.05) is 0 Å². The summed E-state index contributed by atoms with van der Waals surface area (Å²) in [5, 5.41) is 1.93. The zero-order valence-electron chi connectivity index (χ0n) is 19.7. The summed E-state index contributed by atoms with van der Waals surface area (Å²) in [6, 6.07) is 12.3. The summed E-state index contributed by atoms with van der Waals surface area (Å²) in [6.07, 6.45) is 7.24. The average Bonchev–Trinajstić information content (AvgIpc) is 3.21. The van der Waals surface area contributed by atoms with Crippen LogP contribution in [0.2, 0.25) is 0 Å². The maximum absolute atomic E-state index is 13.9. The van der Waals surface area contributed by atoms with Gasteiger partial charge in [0.05, 0.1) is 4.90 Å². The standard InChI is InChI=1S/C27H30O6S2/c1-18-17-20-11-7-8-12-21(20)26(19-9-5-6-10-19)27(18)35(31,32)33-24-15-16-25(34(28,29)30)23-14-4-2-3-13-22(23)24/h7-8,11-12,15-17,19H,2-6,9-10,13-14H2,1H3,(H,28,29,30)/p-1. The highest BCUT2D eigenvalue weighted by atomic mass is 32.2. The van der Waals surface area contributed by atoms with Crippen LogP contribution in [-0.4, -0.2) is 21.4 Å². The summed E-state index contributed by atoms with van der Waals surface area (Å²) in [6.45, 7) is 1.80. The van der Waals surface area contributed by atoms with Crippen LogP contribution >= 0.6 is 0 Å². The molecule has 0 radical (unpaired) electrons. The first-order chi connectivity index (χ1) is 16.7. The van der Waals surface area contributed by atoms with Crippen molar-refractivity contribution in [2.24, 2.45) is 0 Å². The molecule has 3 aromatic rings. The van der Waals surface area contributed by atoms with E-state index in [-0.39, 0.29) is 21.5 Å². The molecular formula is C27H29O6S2-. The van der Waals surface area contributed by atoms with E-state index in [4.69, 9.17) is 4.18 Å². The molecule has 0 unspecified atom stereocenters. The number of aryl methyl sites for hydroxylation is 1. The lowest BCUT2D eigenvalue weighted by Crippen LogP contribution is -2.17. The summed E-state index contributed by atoms with van der Waals surface area (Å²) >= 11 is 0. The molecule has 35 heavy (non-hydrogen) atoms. The molecule has 0 N–H and O–H groups in total. The minimum atomic E-state index is -4.68. The fourth-order valence-electron chi connectivity index (χ4n) is 5.90. The minimum absolute atomic E-state index is 0.124. The highest BCUT2D eigenvalue weighted by Gasteiger charge is 2.32. The van der Waals surface area contributed by atoms with Gasteiger partial charge in [-0.2, -0.15) is 8.42 Å². The van der Waals surface area contributed by atoms with Crippen LogP contribution in [0, 0.1) is 6.92 Å². The topological polar surface area (TPSA) is 101 Å². The van der Waals surface area contributed by atoms with Crippen LogP contribution in [0.1, 0.15) is 73.1 Å². The van der Waals surface area contributed by atoms with Crippen molar-refractivity contribution >= 4 is 31.0 Å². The molecule has 0 aromatic heterocycles. The van der Waals surface area contributed by atoms with E-state index in [0.717, 1.165) is 61.3 Å². The van der Waals surface area contributed by atoms with Crippen LogP contribution in [0.15, 0.2) is 52.3 Å². The molecule has 2 aliphatic carbocycles. The molecule has 2 aliphatic rings. The van der Waals surface area contributed by atoms with Crippen LogP contribution in [0.3, 0.4) is 0 Å². The summed E-state index contributed by atoms with van der Waals surface area (Å²) in [5.41, 5.74) is 2.37. The van der Waals surface area contributed by atoms with Crippen LogP contribution in [0.4, 0.5) is 0 Å². The largest absolute Gasteiger partial charge is 0.744 e. The number of benzene rings is 3. The van der Waals surface area contributed by atoms with Crippen molar-refractivity contribution in [1.29, 1.82) is 0 Å². The second kappa shape index (κ2) is 9.22. The zero-order chi connectivity index (χ0) is 24.8. The highest BCUT2D eigenvalue weighted by molar-refractivity contribution is 7.87. The Balaban J connectivity index is 1.67. The van der Waals surface area contributed by atoms with E-state index < -0.39 is 20.2 Å². The van der Waals surface area contributed by atoms with Gasteiger partial charge in [0.25, 0.3) is 0 Å². The fourth-order valence-corrected chi connectivity index (χ4v) is 8.14. The third-order valence-corrected chi connectivity index (χ3v) is 9.77. The Morgan fingerprint density at radius 3 is 2.26 bits per heavy atom. The van der Waals surface area contributed by atoms with Crippen molar-refractivity contribution < 1.29 is 25.6 Å². The Kier molecular flexibility index (Phi) is 6.40.